The van der Waals surface area contributed by atoms with Gasteiger partial charge in [-0.2, -0.15) is 5.10 Å². The number of phenols is 1. The highest BCUT2D eigenvalue weighted by Gasteiger charge is 2.04. The Bertz CT molecular complexity index is 719. The van der Waals surface area contributed by atoms with E-state index in [9.17, 15) is 9.90 Å². The van der Waals surface area contributed by atoms with Crippen LogP contribution in [-0.4, -0.2) is 23.8 Å². The summed E-state index contributed by atoms with van der Waals surface area (Å²) in [6.45, 7) is 6.00. The number of hydrazone groups is 1. The maximum absolute atomic E-state index is 11.8. The summed E-state index contributed by atoms with van der Waals surface area (Å²) in [5, 5.41) is 16.7. The van der Waals surface area contributed by atoms with E-state index in [1.165, 1.54) is 6.21 Å². The number of amides is 1. The molecule has 0 radical (unpaired) electrons. The van der Waals surface area contributed by atoms with Gasteiger partial charge in [-0.05, 0) is 49.6 Å². The van der Waals surface area contributed by atoms with Crippen LogP contribution in [0.4, 0.5) is 5.69 Å². The number of carbonyl (C=O) groups excluding carboxylic acids is 1. The number of nitrogens with zero attached hydrogens (tertiary/aromatic N) is 1. The second kappa shape index (κ2) is 7.45. The lowest BCUT2D eigenvalue weighted by molar-refractivity contribution is -0.119. The normalized spacial score (nSPS) is 10.7. The summed E-state index contributed by atoms with van der Waals surface area (Å²) in [5.41, 5.74) is 7.09. The number of nitrogens with one attached hydrogen (secondary N) is 2. The summed E-state index contributed by atoms with van der Waals surface area (Å²) >= 11 is 0. The number of rotatable bonds is 5. The lowest BCUT2D eigenvalue weighted by Crippen LogP contribution is -2.26. The van der Waals surface area contributed by atoms with Gasteiger partial charge in [0.05, 0.1) is 12.8 Å². The molecule has 0 fully saturated rings. The van der Waals surface area contributed by atoms with Crippen molar-refractivity contribution in [3.63, 3.8) is 0 Å². The molecule has 2 aromatic carbocycles. The number of para-hydroxylation sites is 1. The van der Waals surface area contributed by atoms with E-state index in [0.29, 0.717) is 5.56 Å². The second-order valence-corrected chi connectivity index (χ2v) is 5.48. The molecule has 0 bridgehead atoms. The number of hydrogen-bond donors (Lipinski definition) is 3. The molecule has 0 saturated heterocycles. The van der Waals surface area contributed by atoms with E-state index in [2.05, 4.69) is 15.8 Å². The third-order valence-electron chi connectivity index (χ3n) is 3.49. The summed E-state index contributed by atoms with van der Waals surface area (Å²) in [6, 6.07) is 11.2. The van der Waals surface area contributed by atoms with Gasteiger partial charge in [0.2, 0.25) is 0 Å². The first-order valence-electron chi connectivity index (χ1n) is 7.39. The van der Waals surface area contributed by atoms with Crippen LogP contribution in [0.15, 0.2) is 41.5 Å². The molecule has 3 N–H and O–H groups in total. The van der Waals surface area contributed by atoms with E-state index in [1.807, 2.05) is 45.0 Å². The van der Waals surface area contributed by atoms with Crippen LogP contribution in [0.5, 0.6) is 5.75 Å². The van der Waals surface area contributed by atoms with Crippen LogP contribution in [0.3, 0.4) is 0 Å². The number of carbonyl (C=O) groups is 1. The zero-order chi connectivity index (χ0) is 16.8. The van der Waals surface area contributed by atoms with Crippen LogP contribution in [0.2, 0.25) is 0 Å². The first kappa shape index (κ1) is 16.5. The molecule has 1 amide bonds. The van der Waals surface area contributed by atoms with Crippen molar-refractivity contribution in [2.75, 3.05) is 11.9 Å². The Morgan fingerprint density at radius 3 is 2.52 bits per heavy atom. The Morgan fingerprint density at radius 1 is 1.17 bits per heavy atom. The molecule has 0 aliphatic carbocycles. The lowest BCUT2D eigenvalue weighted by atomic mass is 10.1. The van der Waals surface area contributed by atoms with Gasteiger partial charge in [0.1, 0.15) is 5.75 Å². The van der Waals surface area contributed by atoms with E-state index in [1.54, 1.807) is 12.1 Å². The summed E-state index contributed by atoms with van der Waals surface area (Å²) in [5.74, 6) is -0.118. The molecule has 0 aliphatic rings. The Hall–Kier alpha value is -2.82. The Labute approximate surface area is 136 Å². The Kier molecular flexibility index (Phi) is 5.36. The fourth-order valence-corrected chi connectivity index (χ4v) is 2.24. The Balaban J connectivity index is 1.89. The van der Waals surface area contributed by atoms with Gasteiger partial charge in [-0.1, -0.05) is 24.3 Å². The van der Waals surface area contributed by atoms with E-state index < -0.39 is 0 Å². The van der Waals surface area contributed by atoms with Gasteiger partial charge in [-0.25, -0.2) is 5.43 Å². The zero-order valence-corrected chi connectivity index (χ0v) is 13.6. The highest BCUT2D eigenvalue weighted by molar-refractivity contribution is 5.86. The van der Waals surface area contributed by atoms with Crippen LogP contribution in [-0.2, 0) is 4.79 Å². The zero-order valence-electron chi connectivity index (χ0n) is 13.6. The summed E-state index contributed by atoms with van der Waals surface area (Å²) in [4.78, 5) is 11.8. The number of aryl methyl sites for hydroxylation is 3. The maximum atomic E-state index is 11.8. The molecule has 0 heterocycles. The largest absolute Gasteiger partial charge is 0.507 e. The molecular formula is C18H21N3O2. The van der Waals surface area contributed by atoms with E-state index >= 15 is 0 Å². The fourth-order valence-electron chi connectivity index (χ4n) is 2.24. The smallest absolute Gasteiger partial charge is 0.259 e. The predicted molar refractivity (Wildman–Crippen MR) is 93.0 cm³/mol. The quantitative estimate of drug-likeness (QED) is 0.587. The second-order valence-electron chi connectivity index (χ2n) is 5.48. The lowest BCUT2D eigenvalue weighted by Gasteiger charge is -2.11. The number of benzene rings is 2. The Morgan fingerprint density at radius 2 is 1.87 bits per heavy atom. The van der Waals surface area contributed by atoms with Gasteiger partial charge in [0.25, 0.3) is 5.91 Å². The summed E-state index contributed by atoms with van der Waals surface area (Å²) in [6.07, 6.45) is 1.42. The van der Waals surface area contributed by atoms with Gasteiger partial charge in [0.15, 0.2) is 0 Å². The van der Waals surface area contributed by atoms with Gasteiger partial charge < -0.3 is 10.4 Å². The molecule has 0 aliphatic heterocycles. The van der Waals surface area contributed by atoms with Gasteiger partial charge in [-0.15, -0.1) is 0 Å². The van der Waals surface area contributed by atoms with Crippen LogP contribution in [0.1, 0.15) is 22.3 Å². The van der Waals surface area contributed by atoms with Crippen LogP contribution >= 0.6 is 0 Å². The summed E-state index contributed by atoms with van der Waals surface area (Å²) in [7, 11) is 0. The van der Waals surface area contributed by atoms with Crippen LogP contribution in [0, 0.1) is 20.8 Å². The standard InChI is InChI=1S/C18H21N3O2/c1-12-7-8-15(16(22)9-12)10-20-21-17(23)11-19-18-13(2)5-4-6-14(18)3/h4-10,19,22H,11H2,1-3H3,(H,21,23)/b20-10-. The minimum atomic E-state index is -0.254. The van der Waals surface area contributed by atoms with E-state index in [-0.39, 0.29) is 18.2 Å². The monoisotopic (exact) mass is 311 g/mol. The predicted octanol–water partition coefficient (Wildman–Crippen LogP) is 2.88. The van der Waals surface area contributed by atoms with E-state index in [4.69, 9.17) is 0 Å². The highest BCUT2D eigenvalue weighted by Crippen LogP contribution is 2.19. The average Bonchev–Trinajstić information content (AvgIpc) is 2.49. The molecule has 2 rings (SSSR count). The van der Waals surface area contributed by atoms with Gasteiger partial charge >= 0.3 is 0 Å². The SMILES string of the molecule is Cc1ccc(/C=N\NC(=O)CNc2c(C)cccc2C)c(O)c1. The maximum Gasteiger partial charge on any atom is 0.259 e. The first-order valence-corrected chi connectivity index (χ1v) is 7.39. The third-order valence-corrected chi connectivity index (χ3v) is 3.49. The average molecular weight is 311 g/mol. The van der Waals surface area contributed by atoms with Crippen molar-refractivity contribution in [1.82, 2.24) is 5.43 Å². The molecule has 5 heteroatoms. The van der Waals surface area contributed by atoms with Crippen molar-refractivity contribution >= 4 is 17.8 Å². The van der Waals surface area contributed by atoms with Crippen molar-refractivity contribution in [3.05, 3.63) is 58.7 Å². The molecule has 5 nitrogen and oxygen atoms in total. The van der Waals surface area contributed by atoms with Crippen LogP contribution < -0.4 is 10.7 Å². The van der Waals surface area contributed by atoms with Gasteiger partial charge in [0, 0.05) is 11.3 Å². The van der Waals surface area contributed by atoms with Gasteiger partial charge in [-0.3, -0.25) is 4.79 Å². The third kappa shape index (κ3) is 4.57. The number of aromatic hydroxyl groups is 1. The number of anilines is 1. The molecule has 2 aromatic rings. The number of hydrogen-bond acceptors (Lipinski definition) is 4. The molecule has 0 saturated carbocycles. The van der Waals surface area contributed by atoms with Crippen molar-refractivity contribution in [1.29, 1.82) is 0 Å². The molecule has 0 atom stereocenters. The minimum absolute atomic E-state index is 0.128. The fraction of sp³-hybridized carbons (Fsp3) is 0.222. The molecular weight excluding hydrogens is 290 g/mol. The van der Waals surface area contributed by atoms with Crippen molar-refractivity contribution in [3.8, 4) is 5.75 Å². The highest BCUT2D eigenvalue weighted by atomic mass is 16.3. The first-order chi connectivity index (χ1) is 11.0. The van der Waals surface area contributed by atoms with Crippen molar-refractivity contribution in [2.24, 2.45) is 5.10 Å². The van der Waals surface area contributed by atoms with Crippen molar-refractivity contribution < 1.29 is 9.90 Å². The van der Waals surface area contributed by atoms with Crippen LogP contribution in [0.25, 0.3) is 0 Å². The summed E-state index contributed by atoms with van der Waals surface area (Å²) < 4.78 is 0. The molecule has 0 spiro atoms. The molecule has 0 unspecified atom stereocenters. The minimum Gasteiger partial charge on any atom is -0.507 e. The molecule has 23 heavy (non-hydrogen) atoms. The molecule has 0 aromatic heterocycles. The van der Waals surface area contributed by atoms with E-state index in [0.717, 1.165) is 22.4 Å². The number of phenolic OH excluding ortho intramolecular Hbond substituents is 1. The topological polar surface area (TPSA) is 73.7 Å². The molecule has 120 valence electrons. The van der Waals surface area contributed by atoms with Crippen molar-refractivity contribution in [2.45, 2.75) is 20.8 Å².